The van der Waals surface area contributed by atoms with Gasteiger partial charge in [0.05, 0.1) is 18.4 Å². The molecule has 1 N–H and O–H groups in total. The van der Waals surface area contributed by atoms with Gasteiger partial charge in [0.2, 0.25) is 0 Å². The summed E-state index contributed by atoms with van der Waals surface area (Å²) in [6.45, 7) is 5.72. The lowest BCUT2D eigenvalue weighted by Crippen LogP contribution is -2.20. The molecule has 1 atom stereocenters. The number of methoxy groups -OCH3 is 1. The van der Waals surface area contributed by atoms with Crippen molar-refractivity contribution in [1.29, 1.82) is 0 Å². The third-order valence-corrected chi connectivity index (χ3v) is 4.96. The summed E-state index contributed by atoms with van der Waals surface area (Å²) < 4.78 is 6.46. The average Bonchev–Trinajstić information content (AvgIpc) is 2.71. The molecule has 1 heterocycles. The third-order valence-electron chi connectivity index (χ3n) is 4.96. The molecule has 0 aliphatic carbocycles. The van der Waals surface area contributed by atoms with Crippen molar-refractivity contribution in [2.24, 2.45) is 7.05 Å². The zero-order valence-electron chi connectivity index (χ0n) is 17.3. The van der Waals surface area contributed by atoms with Gasteiger partial charge in [-0.15, -0.1) is 0 Å². The van der Waals surface area contributed by atoms with Crippen LogP contribution in [0, 0.1) is 18.8 Å². The van der Waals surface area contributed by atoms with Crippen LogP contribution < -0.4 is 10.9 Å². The minimum atomic E-state index is -0.399. The van der Waals surface area contributed by atoms with E-state index in [1.807, 2.05) is 38.1 Å². The lowest BCUT2D eigenvalue weighted by molar-refractivity contribution is 0.0602. The number of hydrogen-bond acceptors (Lipinski definition) is 4. The van der Waals surface area contributed by atoms with Gasteiger partial charge in [-0.05, 0) is 67.5 Å². The molecule has 0 aliphatic rings. The number of pyridine rings is 1. The van der Waals surface area contributed by atoms with E-state index in [1.54, 1.807) is 30.7 Å². The first kappa shape index (κ1) is 20.2. The van der Waals surface area contributed by atoms with E-state index in [0.29, 0.717) is 22.3 Å². The Morgan fingerprint density at radius 3 is 2.59 bits per heavy atom. The SMILES string of the molecule is CC#Cc1cc2c(C(C)Nc3ccccc3C(=O)OC)cc(C)cc2c(=O)n1C. The first-order chi connectivity index (χ1) is 13.9. The van der Waals surface area contributed by atoms with Crippen LogP contribution in [-0.4, -0.2) is 17.6 Å². The molecule has 5 heteroatoms. The van der Waals surface area contributed by atoms with Crippen molar-refractivity contribution in [3.05, 3.63) is 75.2 Å². The summed E-state index contributed by atoms with van der Waals surface area (Å²) in [7, 11) is 3.10. The predicted molar refractivity (Wildman–Crippen MR) is 116 cm³/mol. The van der Waals surface area contributed by atoms with Gasteiger partial charge in [-0.2, -0.15) is 0 Å². The van der Waals surface area contributed by atoms with Gasteiger partial charge >= 0.3 is 5.97 Å². The Balaban J connectivity index is 2.16. The molecule has 1 unspecified atom stereocenters. The number of benzene rings is 2. The summed E-state index contributed by atoms with van der Waals surface area (Å²) in [4.78, 5) is 25.0. The molecule has 0 fully saturated rings. The second-order valence-electron chi connectivity index (χ2n) is 6.99. The van der Waals surface area contributed by atoms with Gasteiger partial charge < -0.3 is 14.6 Å². The Kier molecular flexibility index (Phi) is 5.74. The number of carbonyl (C=O) groups excluding carboxylic acids is 1. The standard InChI is InChI=1S/C24H24N2O3/c1-6-9-17-14-20-19(12-15(2)13-21(20)23(27)26(17)4)16(3)25-22-11-8-7-10-18(22)24(28)29-5/h7-8,10-14,16,25H,1-5H3. The molecule has 0 aliphatic heterocycles. The molecule has 1 aromatic heterocycles. The van der Waals surface area contributed by atoms with Gasteiger partial charge in [-0.3, -0.25) is 4.79 Å². The molecule has 0 saturated heterocycles. The van der Waals surface area contributed by atoms with Crippen LogP contribution in [0.3, 0.4) is 0 Å². The fourth-order valence-corrected chi connectivity index (χ4v) is 3.50. The smallest absolute Gasteiger partial charge is 0.339 e. The van der Waals surface area contributed by atoms with Crippen LogP contribution in [0.15, 0.2) is 47.3 Å². The van der Waals surface area contributed by atoms with Gasteiger partial charge in [-0.25, -0.2) is 4.79 Å². The summed E-state index contributed by atoms with van der Waals surface area (Å²) in [5, 5.41) is 4.91. The summed E-state index contributed by atoms with van der Waals surface area (Å²) in [5.74, 6) is 5.47. The minimum absolute atomic E-state index is 0.0765. The van der Waals surface area contributed by atoms with Crippen LogP contribution in [0.5, 0.6) is 0 Å². The van der Waals surface area contributed by atoms with Crippen molar-refractivity contribution in [1.82, 2.24) is 4.57 Å². The number of esters is 1. The van der Waals surface area contributed by atoms with E-state index in [2.05, 4.69) is 23.2 Å². The highest BCUT2D eigenvalue weighted by molar-refractivity contribution is 5.96. The average molecular weight is 388 g/mol. The molecular weight excluding hydrogens is 364 g/mol. The summed E-state index contributed by atoms with van der Waals surface area (Å²) in [5.41, 5.74) is 3.70. The fraction of sp³-hybridized carbons (Fsp3) is 0.250. The predicted octanol–water partition coefficient (Wildman–Crippen LogP) is 4.18. The third kappa shape index (κ3) is 3.88. The molecule has 5 nitrogen and oxygen atoms in total. The zero-order chi connectivity index (χ0) is 21.1. The first-order valence-electron chi connectivity index (χ1n) is 9.38. The van der Waals surface area contributed by atoms with Crippen LogP contribution in [0.25, 0.3) is 10.8 Å². The van der Waals surface area contributed by atoms with Crippen LogP contribution in [0.4, 0.5) is 5.69 Å². The maximum absolute atomic E-state index is 12.9. The molecular formula is C24H24N2O3. The number of carbonyl (C=O) groups is 1. The van der Waals surface area contributed by atoms with E-state index in [1.165, 1.54) is 7.11 Å². The quantitative estimate of drug-likeness (QED) is 0.538. The van der Waals surface area contributed by atoms with E-state index < -0.39 is 5.97 Å². The highest BCUT2D eigenvalue weighted by Crippen LogP contribution is 2.29. The van der Waals surface area contributed by atoms with Crippen molar-refractivity contribution in [2.75, 3.05) is 12.4 Å². The molecule has 2 aromatic carbocycles. The summed E-state index contributed by atoms with van der Waals surface area (Å²) in [6, 6.07) is 13.0. The fourth-order valence-electron chi connectivity index (χ4n) is 3.50. The van der Waals surface area contributed by atoms with Gasteiger partial charge in [0.25, 0.3) is 5.56 Å². The maximum Gasteiger partial charge on any atom is 0.339 e. The molecule has 3 rings (SSSR count). The number of aromatic nitrogens is 1. The Labute approximate surface area is 170 Å². The number of fused-ring (bicyclic) bond motifs is 1. The molecule has 148 valence electrons. The van der Waals surface area contributed by atoms with E-state index in [-0.39, 0.29) is 11.6 Å². The second-order valence-corrected chi connectivity index (χ2v) is 6.99. The Bertz CT molecular complexity index is 1210. The van der Waals surface area contributed by atoms with Crippen LogP contribution >= 0.6 is 0 Å². The molecule has 0 radical (unpaired) electrons. The topological polar surface area (TPSA) is 60.3 Å². The number of aryl methyl sites for hydroxylation is 1. The Morgan fingerprint density at radius 1 is 1.17 bits per heavy atom. The Hall–Kier alpha value is -3.52. The maximum atomic E-state index is 12.9. The minimum Gasteiger partial charge on any atom is -0.465 e. The molecule has 0 spiro atoms. The van der Waals surface area contributed by atoms with Crippen molar-refractivity contribution < 1.29 is 9.53 Å². The van der Waals surface area contributed by atoms with Crippen LogP contribution in [0.2, 0.25) is 0 Å². The lowest BCUT2D eigenvalue weighted by atomic mass is 9.96. The molecule has 0 amide bonds. The van der Waals surface area contributed by atoms with E-state index in [9.17, 15) is 9.59 Å². The van der Waals surface area contributed by atoms with E-state index >= 15 is 0 Å². The van der Waals surface area contributed by atoms with Crippen molar-refractivity contribution in [2.45, 2.75) is 26.8 Å². The van der Waals surface area contributed by atoms with Crippen molar-refractivity contribution >= 4 is 22.4 Å². The van der Waals surface area contributed by atoms with Gasteiger partial charge in [-0.1, -0.05) is 24.1 Å². The molecule has 3 aromatic rings. The van der Waals surface area contributed by atoms with E-state index in [4.69, 9.17) is 4.74 Å². The number of ether oxygens (including phenoxy) is 1. The summed E-state index contributed by atoms with van der Waals surface area (Å²) >= 11 is 0. The number of rotatable bonds is 4. The number of anilines is 1. The summed E-state index contributed by atoms with van der Waals surface area (Å²) in [6.07, 6.45) is 0. The Morgan fingerprint density at radius 2 is 1.90 bits per heavy atom. The largest absolute Gasteiger partial charge is 0.465 e. The number of hydrogen-bond donors (Lipinski definition) is 1. The number of nitrogens with one attached hydrogen (secondary N) is 1. The van der Waals surface area contributed by atoms with Gasteiger partial charge in [0.15, 0.2) is 0 Å². The van der Waals surface area contributed by atoms with Crippen LogP contribution in [0.1, 0.15) is 47.1 Å². The highest BCUT2D eigenvalue weighted by atomic mass is 16.5. The molecule has 0 saturated carbocycles. The van der Waals surface area contributed by atoms with E-state index in [0.717, 1.165) is 16.5 Å². The number of para-hydroxylation sites is 1. The monoisotopic (exact) mass is 388 g/mol. The second kappa shape index (κ2) is 8.24. The van der Waals surface area contributed by atoms with Crippen molar-refractivity contribution in [3.8, 4) is 11.8 Å². The lowest BCUT2D eigenvalue weighted by Gasteiger charge is -2.20. The first-order valence-corrected chi connectivity index (χ1v) is 9.38. The highest BCUT2D eigenvalue weighted by Gasteiger charge is 2.17. The molecule has 0 bridgehead atoms. The van der Waals surface area contributed by atoms with Gasteiger partial charge in [0.1, 0.15) is 0 Å². The van der Waals surface area contributed by atoms with Gasteiger partial charge in [0, 0.05) is 24.2 Å². The normalized spacial score (nSPS) is 11.5. The zero-order valence-corrected chi connectivity index (χ0v) is 17.3. The van der Waals surface area contributed by atoms with Crippen molar-refractivity contribution in [3.63, 3.8) is 0 Å². The number of nitrogens with zero attached hydrogens (tertiary/aromatic N) is 1. The molecule has 29 heavy (non-hydrogen) atoms. The van der Waals surface area contributed by atoms with Crippen LogP contribution in [-0.2, 0) is 11.8 Å².